The Bertz CT molecular complexity index is 2890. The molecule has 20 heteroatoms. The third kappa shape index (κ3) is 13.0. The molecule has 0 saturated carbocycles. The third-order valence-electron chi connectivity index (χ3n) is 12.1. The Balaban J connectivity index is 0.726. The average Bonchev–Trinajstić information content (AvgIpc) is 3.90. The lowest BCUT2D eigenvalue weighted by molar-refractivity contribution is -0.136. The summed E-state index contributed by atoms with van der Waals surface area (Å²) >= 11 is 0. The van der Waals surface area contributed by atoms with Crippen LogP contribution in [0, 0.1) is 11.6 Å². The first-order valence-corrected chi connectivity index (χ1v) is 25.4. The van der Waals surface area contributed by atoms with E-state index in [1.807, 2.05) is 0 Å². The van der Waals surface area contributed by atoms with Crippen molar-refractivity contribution in [3.63, 3.8) is 0 Å². The van der Waals surface area contributed by atoms with Crippen LogP contribution in [0.15, 0.2) is 72.9 Å². The molecule has 0 radical (unpaired) electrons. The number of amides is 4. The molecule has 380 valence electrons. The van der Waals surface area contributed by atoms with Gasteiger partial charge in [0.05, 0.1) is 60.3 Å². The lowest BCUT2D eigenvalue weighted by atomic mass is 9.95. The highest BCUT2D eigenvalue weighted by Crippen LogP contribution is 2.36. The van der Waals surface area contributed by atoms with Crippen LogP contribution in [-0.2, 0) is 45.0 Å². The molecule has 1 atom stereocenters. The number of pyridine rings is 1. The quantitative estimate of drug-likeness (QED) is 0.0346. The molecule has 1 saturated heterocycles. The summed E-state index contributed by atoms with van der Waals surface area (Å²) in [7, 11) is -3.91. The van der Waals surface area contributed by atoms with Crippen LogP contribution in [0.3, 0.4) is 0 Å². The largest absolute Gasteiger partial charge is 0.485 e. The first kappa shape index (κ1) is 52.9. The fourth-order valence-electron chi connectivity index (χ4n) is 8.42. The number of ether oxygens (including phenoxy) is 4. The van der Waals surface area contributed by atoms with Crippen LogP contribution in [0.1, 0.15) is 117 Å². The van der Waals surface area contributed by atoms with E-state index >= 15 is 4.39 Å². The molecule has 4 aromatic rings. The molecule has 2 aliphatic heterocycles. The van der Waals surface area contributed by atoms with Gasteiger partial charge < -0.3 is 18.9 Å². The maximum absolute atomic E-state index is 15.5. The first-order chi connectivity index (χ1) is 34.7. The smallest absolute Gasteiger partial charge is 0.266 e. The number of ketones is 3. The molecular formula is C52H54F2N4O13S. The van der Waals surface area contributed by atoms with Gasteiger partial charge in [-0.25, -0.2) is 17.2 Å². The molecular weight excluding hydrogens is 959 g/mol. The Kier molecular flexibility index (Phi) is 18.0. The van der Waals surface area contributed by atoms with E-state index < -0.39 is 68.4 Å². The summed E-state index contributed by atoms with van der Waals surface area (Å²) in [6.07, 6.45) is 6.73. The lowest BCUT2D eigenvalue weighted by Gasteiger charge is -2.27. The fraction of sp³-hybridized carbons (Fsp3) is 0.385. The molecule has 4 amide bonds. The minimum Gasteiger partial charge on any atom is -0.485 e. The van der Waals surface area contributed by atoms with Gasteiger partial charge in [0.15, 0.2) is 23.2 Å². The van der Waals surface area contributed by atoms with E-state index in [1.54, 1.807) is 43.5 Å². The number of carbonyl (C=O) groups is 7. The number of hydrogen-bond donors (Lipinski definition) is 2. The van der Waals surface area contributed by atoms with E-state index in [1.165, 1.54) is 24.3 Å². The highest BCUT2D eigenvalue weighted by atomic mass is 32.2. The van der Waals surface area contributed by atoms with Crippen molar-refractivity contribution in [2.24, 2.45) is 0 Å². The molecule has 17 nitrogen and oxygen atoms in total. The lowest BCUT2D eigenvalue weighted by Crippen LogP contribution is -2.54. The zero-order valence-electron chi connectivity index (χ0n) is 39.6. The van der Waals surface area contributed by atoms with Gasteiger partial charge in [-0.1, -0.05) is 43.3 Å². The number of anilines is 1. The number of halogens is 2. The Morgan fingerprint density at radius 3 is 2.21 bits per heavy atom. The number of carbonyl (C=O) groups excluding carboxylic acids is 7. The van der Waals surface area contributed by atoms with Crippen LogP contribution < -0.4 is 14.8 Å². The number of imide groups is 2. The molecule has 7 rings (SSSR count). The molecule has 3 aromatic carbocycles. The summed E-state index contributed by atoms with van der Waals surface area (Å²) in [6, 6.07) is 13.8. The van der Waals surface area contributed by atoms with Crippen LogP contribution in [-0.4, -0.2) is 117 Å². The van der Waals surface area contributed by atoms with E-state index in [0.717, 1.165) is 17.0 Å². The number of nitrogens with one attached hydrogen (secondary N) is 2. The Morgan fingerprint density at radius 1 is 0.819 bits per heavy atom. The van der Waals surface area contributed by atoms with E-state index in [2.05, 4.69) is 15.0 Å². The van der Waals surface area contributed by atoms with E-state index in [-0.39, 0.29) is 78.5 Å². The van der Waals surface area contributed by atoms with Gasteiger partial charge in [0.2, 0.25) is 21.8 Å². The van der Waals surface area contributed by atoms with Crippen molar-refractivity contribution >= 4 is 62.3 Å². The number of benzene rings is 3. The van der Waals surface area contributed by atoms with Crippen molar-refractivity contribution in [3.8, 4) is 16.9 Å². The number of unbranched alkanes of at least 4 members (excludes halogenated alkanes) is 2. The van der Waals surface area contributed by atoms with E-state index in [0.29, 0.717) is 99.7 Å². The Labute approximate surface area is 414 Å². The summed E-state index contributed by atoms with van der Waals surface area (Å²) in [5, 5.41) is 2.16. The number of rotatable bonds is 28. The minimum absolute atomic E-state index is 0.00192. The van der Waals surface area contributed by atoms with E-state index in [9.17, 15) is 46.4 Å². The second-order valence-electron chi connectivity index (χ2n) is 17.3. The Hall–Kier alpha value is -6.87. The summed E-state index contributed by atoms with van der Waals surface area (Å²) < 4.78 is 79.5. The highest BCUT2D eigenvalue weighted by Gasteiger charge is 2.46. The number of fused-ring (bicyclic) bond motifs is 2. The second kappa shape index (κ2) is 24.5. The maximum Gasteiger partial charge on any atom is 0.266 e. The predicted octanol–water partition coefficient (Wildman–Crippen LogP) is 6.62. The van der Waals surface area contributed by atoms with Crippen molar-refractivity contribution in [2.75, 3.05) is 56.7 Å². The molecule has 0 spiro atoms. The SMILES string of the molecule is CCCS(=O)(=O)Nc1ccc(F)c(C(=O)C2=CCc3ncc(-c4ccc(C(=O)CCCCOCCOCCOCCCCC(=O)COc5cccc6c5C(=O)N(C5CCC(=O)NC5=O)C6=O)cc4)cc32)c1F. The van der Waals surface area contributed by atoms with Gasteiger partial charge in [0.1, 0.15) is 24.2 Å². The third-order valence-corrected chi connectivity index (χ3v) is 13.6. The summed E-state index contributed by atoms with van der Waals surface area (Å²) in [4.78, 5) is 94.5. The van der Waals surface area contributed by atoms with Gasteiger partial charge in [-0.2, -0.15) is 0 Å². The molecule has 72 heavy (non-hydrogen) atoms. The monoisotopic (exact) mass is 1010 g/mol. The average molecular weight is 1010 g/mol. The zero-order chi connectivity index (χ0) is 51.4. The van der Waals surface area contributed by atoms with Crippen molar-refractivity contribution in [3.05, 3.63) is 118 Å². The van der Waals surface area contributed by atoms with Crippen LogP contribution in [0.4, 0.5) is 14.5 Å². The van der Waals surface area contributed by atoms with Crippen LogP contribution in [0.25, 0.3) is 16.7 Å². The predicted molar refractivity (Wildman–Crippen MR) is 258 cm³/mol. The van der Waals surface area contributed by atoms with Crippen LogP contribution in [0.2, 0.25) is 0 Å². The molecule has 1 fully saturated rings. The fourth-order valence-corrected chi connectivity index (χ4v) is 9.55. The van der Waals surface area contributed by atoms with Gasteiger partial charge in [-0.15, -0.1) is 0 Å². The summed E-state index contributed by atoms with van der Waals surface area (Å²) in [6.45, 7) is 3.68. The van der Waals surface area contributed by atoms with Crippen molar-refractivity contribution < 1.29 is 69.7 Å². The molecule has 3 aliphatic rings. The van der Waals surface area contributed by atoms with Crippen molar-refractivity contribution in [1.29, 1.82) is 0 Å². The molecule has 1 unspecified atom stereocenters. The highest BCUT2D eigenvalue weighted by molar-refractivity contribution is 7.92. The zero-order valence-corrected chi connectivity index (χ0v) is 40.4. The standard InChI is InChI=1S/C52H54F2N4O13S/c1-2-28-72(66,67)57-41-19-17-39(53)47(48(41)54)49(62)36-16-18-40-38(36)29-34(30-55-40)32-12-14-33(15-13-32)43(60)10-4-6-23-69-25-27-70-26-24-68-22-5-3-8-35(59)31-71-44-11-7-9-37-46(44)52(65)58(51(37)64)42-20-21-45(61)56-50(42)63/h7,9,11-17,19,29-30,42,57H,2-6,8,10,18,20-28,31H2,1H3,(H,56,61,63). The van der Waals surface area contributed by atoms with Gasteiger partial charge in [0.25, 0.3) is 11.8 Å². The number of hydrogen-bond acceptors (Lipinski definition) is 14. The second-order valence-corrected chi connectivity index (χ2v) is 19.1. The first-order valence-electron chi connectivity index (χ1n) is 23.8. The molecule has 1 aromatic heterocycles. The van der Waals surface area contributed by atoms with Gasteiger partial charge in [-0.3, -0.25) is 53.5 Å². The molecule has 3 heterocycles. The van der Waals surface area contributed by atoms with Crippen molar-refractivity contribution in [2.45, 2.75) is 77.2 Å². The Morgan fingerprint density at radius 2 is 1.51 bits per heavy atom. The summed E-state index contributed by atoms with van der Waals surface area (Å²) in [5.41, 5.74) is 1.51. The van der Waals surface area contributed by atoms with Crippen LogP contribution in [0.5, 0.6) is 5.75 Å². The van der Waals surface area contributed by atoms with Gasteiger partial charge in [0, 0.05) is 67.4 Å². The molecule has 2 N–H and O–H groups in total. The number of nitrogens with zero attached hydrogens (tertiary/aromatic N) is 2. The number of aromatic nitrogens is 1. The maximum atomic E-state index is 15.5. The topological polar surface area (TPSA) is 231 Å². The van der Waals surface area contributed by atoms with Gasteiger partial charge >= 0.3 is 0 Å². The normalized spacial score (nSPS) is 15.3. The molecule has 1 aliphatic carbocycles. The molecule has 0 bridgehead atoms. The number of allylic oxidation sites excluding steroid dienone is 2. The minimum atomic E-state index is -3.91. The van der Waals surface area contributed by atoms with Crippen molar-refractivity contribution in [1.82, 2.24) is 15.2 Å². The number of sulfonamides is 1. The van der Waals surface area contributed by atoms with E-state index in [4.69, 9.17) is 18.9 Å². The summed E-state index contributed by atoms with van der Waals surface area (Å²) in [5.74, 6) is -6.36. The number of Topliss-reactive ketones (excluding diaryl/α,β-unsaturated/α-hetero) is 3. The number of piperidine rings is 1. The van der Waals surface area contributed by atoms with Gasteiger partial charge in [-0.05, 0) is 74.4 Å². The van der Waals surface area contributed by atoms with Crippen LogP contribution >= 0.6 is 0 Å².